The Bertz CT molecular complexity index is 911. The molecule has 3 rings (SSSR count). The van der Waals surface area contributed by atoms with Crippen molar-refractivity contribution in [3.63, 3.8) is 0 Å². The molecule has 1 aromatic heterocycles. The number of rotatable bonds is 5. The Balaban J connectivity index is 1.60. The number of hydrogen-bond donors (Lipinski definition) is 2. The smallest absolute Gasteiger partial charge is 0.257 e. The second-order valence-corrected chi connectivity index (χ2v) is 6.24. The van der Waals surface area contributed by atoms with Crippen LogP contribution in [0.3, 0.4) is 0 Å². The van der Waals surface area contributed by atoms with Gasteiger partial charge in [-0.05, 0) is 54.4 Å². The molecule has 0 aliphatic heterocycles. The predicted octanol–water partition coefficient (Wildman–Crippen LogP) is 5.05. The molecule has 1 heterocycles. The summed E-state index contributed by atoms with van der Waals surface area (Å²) in [5.74, 6) is 0.101. The first-order valence-electron chi connectivity index (χ1n) is 8.03. The number of amides is 1. The molecule has 0 spiro atoms. The third-order valence-electron chi connectivity index (χ3n) is 3.84. The van der Waals surface area contributed by atoms with Crippen molar-refractivity contribution in [3.8, 4) is 0 Å². The molecular weight excluding hydrogens is 353 g/mol. The van der Waals surface area contributed by atoms with Gasteiger partial charge in [0.05, 0.1) is 5.56 Å². The molecule has 0 saturated heterocycles. The maximum atomic E-state index is 12.9. The largest absolute Gasteiger partial charge is 0.366 e. The van der Waals surface area contributed by atoms with Crippen LogP contribution < -0.4 is 10.6 Å². The monoisotopic (exact) mass is 369 g/mol. The number of halogens is 2. The molecule has 0 fully saturated rings. The van der Waals surface area contributed by atoms with E-state index >= 15 is 0 Å². The van der Waals surface area contributed by atoms with Crippen LogP contribution in [0.2, 0.25) is 5.02 Å². The van der Waals surface area contributed by atoms with Crippen LogP contribution in [0, 0.1) is 12.7 Å². The Morgan fingerprint density at radius 2 is 1.88 bits per heavy atom. The Kier molecular flexibility index (Phi) is 5.49. The van der Waals surface area contributed by atoms with Gasteiger partial charge in [0, 0.05) is 23.5 Å². The fraction of sp³-hybridized carbons (Fsp3) is 0.100. The highest BCUT2D eigenvalue weighted by atomic mass is 35.5. The van der Waals surface area contributed by atoms with Crippen LogP contribution in [0.15, 0.2) is 60.8 Å². The van der Waals surface area contributed by atoms with Gasteiger partial charge < -0.3 is 10.6 Å². The summed E-state index contributed by atoms with van der Waals surface area (Å²) < 4.78 is 12.9. The zero-order chi connectivity index (χ0) is 18.5. The zero-order valence-electron chi connectivity index (χ0n) is 14.1. The highest BCUT2D eigenvalue weighted by molar-refractivity contribution is 6.31. The molecule has 2 N–H and O–H groups in total. The van der Waals surface area contributed by atoms with Crippen molar-refractivity contribution in [2.75, 3.05) is 10.6 Å². The van der Waals surface area contributed by atoms with Crippen molar-refractivity contribution in [1.29, 1.82) is 0 Å². The van der Waals surface area contributed by atoms with Gasteiger partial charge in [-0.1, -0.05) is 29.8 Å². The summed E-state index contributed by atoms with van der Waals surface area (Å²) in [5, 5.41) is 6.52. The number of hydrogen-bond acceptors (Lipinski definition) is 3. The zero-order valence-corrected chi connectivity index (χ0v) is 14.8. The quantitative estimate of drug-likeness (QED) is 0.662. The van der Waals surface area contributed by atoms with Gasteiger partial charge in [0.1, 0.15) is 11.6 Å². The number of pyridine rings is 1. The number of nitrogens with zero attached hydrogens (tertiary/aromatic N) is 1. The summed E-state index contributed by atoms with van der Waals surface area (Å²) in [4.78, 5) is 16.5. The lowest BCUT2D eigenvalue weighted by atomic mass is 10.2. The lowest BCUT2D eigenvalue weighted by Crippen LogP contribution is -2.12. The topological polar surface area (TPSA) is 54.0 Å². The summed E-state index contributed by atoms with van der Waals surface area (Å²) in [7, 11) is 0. The fourth-order valence-electron chi connectivity index (χ4n) is 2.30. The number of aryl methyl sites for hydroxylation is 1. The first-order chi connectivity index (χ1) is 12.5. The normalized spacial score (nSPS) is 10.4. The van der Waals surface area contributed by atoms with E-state index in [1.807, 2.05) is 13.0 Å². The Hall–Kier alpha value is -2.92. The van der Waals surface area contributed by atoms with Crippen molar-refractivity contribution in [2.24, 2.45) is 0 Å². The van der Waals surface area contributed by atoms with Crippen LogP contribution in [-0.2, 0) is 6.54 Å². The second-order valence-electron chi connectivity index (χ2n) is 5.83. The van der Waals surface area contributed by atoms with E-state index < -0.39 is 0 Å². The van der Waals surface area contributed by atoms with Gasteiger partial charge in [0.15, 0.2) is 0 Å². The number of aromatic nitrogens is 1. The lowest BCUT2D eigenvalue weighted by Gasteiger charge is -2.08. The average molecular weight is 370 g/mol. The van der Waals surface area contributed by atoms with Gasteiger partial charge in [-0.2, -0.15) is 0 Å². The van der Waals surface area contributed by atoms with Crippen LogP contribution in [0.1, 0.15) is 21.5 Å². The molecule has 0 aliphatic rings. The summed E-state index contributed by atoms with van der Waals surface area (Å²) >= 11 is 6.07. The number of carbonyl (C=O) groups is 1. The summed E-state index contributed by atoms with van der Waals surface area (Å²) in [6.45, 7) is 2.41. The minimum absolute atomic E-state index is 0.262. The van der Waals surface area contributed by atoms with Gasteiger partial charge in [-0.15, -0.1) is 0 Å². The molecule has 6 heteroatoms. The summed E-state index contributed by atoms with van der Waals surface area (Å²) in [5.41, 5.74) is 2.95. The van der Waals surface area contributed by atoms with E-state index in [1.54, 1.807) is 36.4 Å². The fourth-order valence-corrected chi connectivity index (χ4v) is 2.48. The Labute approximate surface area is 156 Å². The predicted molar refractivity (Wildman–Crippen MR) is 102 cm³/mol. The highest BCUT2D eigenvalue weighted by Crippen LogP contribution is 2.20. The van der Waals surface area contributed by atoms with Crippen LogP contribution in [0.4, 0.5) is 15.9 Å². The van der Waals surface area contributed by atoms with E-state index in [4.69, 9.17) is 11.6 Å². The van der Waals surface area contributed by atoms with Crippen LogP contribution in [-0.4, -0.2) is 10.9 Å². The van der Waals surface area contributed by atoms with Crippen LogP contribution in [0.25, 0.3) is 0 Å². The molecule has 0 aliphatic carbocycles. The minimum atomic E-state index is -0.267. The average Bonchev–Trinajstić information content (AvgIpc) is 2.65. The lowest BCUT2D eigenvalue weighted by molar-refractivity contribution is 0.102. The minimum Gasteiger partial charge on any atom is -0.366 e. The molecule has 3 aromatic rings. The molecule has 0 saturated carbocycles. The summed E-state index contributed by atoms with van der Waals surface area (Å²) in [6, 6.07) is 15.0. The molecular formula is C20H17ClFN3O. The maximum Gasteiger partial charge on any atom is 0.257 e. The van der Waals surface area contributed by atoms with Gasteiger partial charge in [-0.3, -0.25) is 4.79 Å². The van der Waals surface area contributed by atoms with Crippen molar-refractivity contribution >= 4 is 29.0 Å². The molecule has 26 heavy (non-hydrogen) atoms. The number of carbonyl (C=O) groups excluding carboxylic acids is 1. The highest BCUT2D eigenvalue weighted by Gasteiger charge is 2.08. The molecule has 0 bridgehead atoms. The SMILES string of the molecule is Cc1ccc(NC(=O)c2ccc(NCc3ccc(F)cc3)nc2)cc1Cl. The van der Waals surface area contributed by atoms with Gasteiger partial charge in [-0.25, -0.2) is 9.37 Å². The van der Waals surface area contributed by atoms with Crippen molar-refractivity contribution < 1.29 is 9.18 Å². The van der Waals surface area contributed by atoms with Crippen LogP contribution >= 0.6 is 11.6 Å². The van der Waals surface area contributed by atoms with Crippen LogP contribution in [0.5, 0.6) is 0 Å². The third-order valence-corrected chi connectivity index (χ3v) is 4.25. The standard InChI is InChI=1S/C20H17ClFN3O/c1-13-2-8-17(10-18(13)21)25-20(26)15-5-9-19(24-12-15)23-11-14-3-6-16(22)7-4-14/h2-10,12H,11H2,1H3,(H,23,24)(H,25,26). The van der Waals surface area contributed by atoms with Gasteiger partial charge >= 0.3 is 0 Å². The van der Waals surface area contributed by atoms with E-state index in [2.05, 4.69) is 15.6 Å². The number of anilines is 2. The van der Waals surface area contributed by atoms with E-state index in [0.29, 0.717) is 28.6 Å². The van der Waals surface area contributed by atoms with E-state index in [9.17, 15) is 9.18 Å². The first-order valence-corrected chi connectivity index (χ1v) is 8.41. The molecule has 2 aromatic carbocycles. The molecule has 0 unspecified atom stereocenters. The molecule has 1 amide bonds. The third kappa shape index (κ3) is 4.58. The molecule has 0 radical (unpaired) electrons. The van der Waals surface area contributed by atoms with Crippen molar-refractivity contribution in [1.82, 2.24) is 4.98 Å². The second kappa shape index (κ2) is 7.97. The Morgan fingerprint density at radius 1 is 1.12 bits per heavy atom. The van der Waals surface area contributed by atoms with Gasteiger partial charge in [0.25, 0.3) is 5.91 Å². The van der Waals surface area contributed by atoms with E-state index in [-0.39, 0.29) is 11.7 Å². The molecule has 4 nitrogen and oxygen atoms in total. The van der Waals surface area contributed by atoms with Gasteiger partial charge in [0.2, 0.25) is 0 Å². The maximum absolute atomic E-state index is 12.9. The van der Waals surface area contributed by atoms with E-state index in [0.717, 1.165) is 11.1 Å². The van der Waals surface area contributed by atoms with E-state index in [1.165, 1.54) is 18.3 Å². The first kappa shape index (κ1) is 17.9. The number of nitrogens with one attached hydrogen (secondary N) is 2. The van der Waals surface area contributed by atoms with Crippen molar-refractivity contribution in [3.05, 3.63) is 88.3 Å². The summed E-state index contributed by atoms with van der Waals surface area (Å²) in [6.07, 6.45) is 1.50. The molecule has 132 valence electrons. The van der Waals surface area contributed by atoms with Crippen molar-refractivity contribution in [2.45, 2.75) is 13.5 Å². The number of benzene rings is 2. The Morgan fingerprint density at radius 3 is 2.54 bits per heavy atom. The molecule has 0 atom stereocenters.